The predicted molar refractivity (Wildman–Crippen MR) is 81.1 cm³/mol. The summed E-state index contributed by atoms with van der Waals surface area (Å²) >= 11 is 0. The summed E-state index contributed by atoms with van der Waals surface area (Å²) in [6.45, 7) is 0.272. The lowest BCUT2D eigenvalue weighted by atomic mass is 10.2. The number of carbonyl (C=O) groups is 1. The van der Waals surface area contributed by atoms with Gasteiger partial charge in [0.2, 0.25) is 10.0 Å². The number of carboxylic acid groups (broad SMARTS) is 1. The Kier molecular flexibility index (Phi) is 5.24. The molecule has 116 valence electrons. The summed E-state index contributed by atoms with van der Waals surface area (Å²) in [6.07, 6.45) is 4.77. The second kappa shape index (κ2) is 7.15. The normalized spacial score (nSPS) is 11.3. The molecule has 0 bridgehead atoms. The van der Waals surface area contributed by atoms with E-state index in [1.165, 1.54) is 18.2 Å². The maximum Gasteiger partial charge on any atom is 0.335 e. The van der Waals surface area contributed by atoms with Crippen LogP contribution in [-0.2, 0) is 16.4 Å². The minimum atomic E-state index is -3.70. The molecule has 0 amide bonds. The lowest BCUT2D eigenvalue weighted by molar-refractivity contribution is 0.0696. The fourth-order valence-corrected chi connectivity index (χ4v) is 3.04. The number of hydrogen-bond donors (Lipinski definition) is 2. The summed E-state index contributed by atoms with van der Waals surface area (Å²) in [6, 6.07) is 9.04. The molecule has 2 rings (SSSR count). The highest BCUT2D eigenvalue weighted by molar-refractivity contribution is 7.89. The van der Waals surface area contributed by atoms with Crippen LogP contribution < -0.4 is 4.72 Å². The number of nitrogens with zero attached hydrogens (tertiary/aromatic N) is 1. The molecular weight excluding hydrogens is 304 g/mol. The molecule has 2 N–H and O–H groups in total. The molecule has 0 unspecified atom stereocenters. The standard InChI is InChI=1S/C15H16N2O4S/c18-15(19)13-6-1-7-14(10-13)22(20,21)17-9-3-5-12-4-2-8-16-11-12/h1-2,4,6-8,10-11,17H,3,5,9H2,(H,18,19). The van der Waals surface area contributed by atoms with Crippen molar-refractivity contribution in [3.8, 4) is 0 Å². The largest absolute Gasteiger partial charge is 0.478 e. The van der Waals surface area contributed by atoms with Gasteiger partial charge in [-0.2, -0.15) is 0 Å². The first-order chi connectivity index (χ1) is 10.5. The Bertz CT molecular complexity index is 745. The fourth-order valence-electron chi connectivity index (χ4n) is 1.92. The minimum Gasteiger partial charge on any atom is -0.478 e. The van der Waals surface area contributed by atoms with Crippen molar-refractivity contribution in [3.63, 3.8) is 0 Å². The van der Waals surface area contributed by atoms with Crippen LogP contribution in [0.15, 0.2) is 53.7 Å². The number of benzene rings is 1. The van der Waals surface area contributed by atoms with Crippen LogP contribution in [0, 0.1) is 0 Å². The predicted octanol–water partition coefficient (Wildman–Crippen LogP) is 1.69. The Morgan fingerprint density at radius 3 is 2.73 bits per heavy atom. The summed E-state index contributed by atoms with van der Waals surface area (Å²) in [5.74, 6) is -1.16. The van der Waals surface area contributed by atoms with Crippen molar-refractivity contribution in [2.45, 2.75) is 17.7 Å². The molecule has 0 aliphatic rings. The van der Waals surface area contributed by atoms with Crippen LogP contribution in [0.1, 0.15) is 22.3 Å². The summed E-state index contributed by atoms with van der Waals surface area (Å²) in [5.41, 5.74) is 0.979. The molecule has 0 radical (unpaired) electrons. The molecule has 7 heteroatoms. The van der Waals surface area contributed by atoms with Crippen molar-refractivity contribution >= 4 is 16.0 Å². The van der Waals surface area contributed by atoms with Crippen molar-refractivity contribution in [1.82, 2.24) is 9.71 Å². The third-order valence-corrected chi connectivity index (χ3v) is 4.51. The van der Waals surface area contributed by atoms with Gasteiger partial charge in [-0.25, -0.2) is 17.9 Å². The van der Waals surface area contributed by atoms with Gasteiger partial charge in [0, 0.05) is 18.9 Å². The molecule has 0 saturated heterocycles. The number of aromatic carboxylic acids is 1. The molecule has 0 saturated carbocycles. The van der Waals surface area contributed by atoms with Gasteiger partial charge < -0.3 is 5.11 Å². The van der Waals surface area contributed by atoms with Gasteiger partial charge in [-0.05, 0) is 42.7 Å². The molecule has 6 nitrogen and oxygen atoms in total. The van der Waals surface area contributed by atoms with Crippen molar-refractivity contribution in [2.24, 2.45) is 0 Å². The van der Waals surface area contributed by atoms with E-state index in [4.69, 9.17) is 5.11 Å². The van der Waals surface area contributed by atoms with E-state index in [2.05, 4.69) is 9.71 Å². The zero-order valence-corrected chi connectivity index (χ0v) is 12.6. The molecular formula is C15H16N2O4S. The van der Waals surface area contributed by atoms with Crippen LogP contribution in [0.3, 0.4) is 0 Å². The van der Waals surface area contributed by atoms with E-state index in [9.17, 15) is 13.2 Å². The van der Waals surface area contributed by atoms with Gasteiger partial charge in [0.05, 0.1) is 10.5 Å². The van der Waals surface area contributed by atoms with Gasteiger partial charge >= 0.3 is 5.97 Å². The van der Waals surface area contributed by atoms with Gasteiger partial charge in [-0.3, -0.25) is 4.98 Å². The molecule has 1 aromatic carbocycles. The summed E-state index contributed by atoms with van der Waals surface area (Å²) < 4.78 is 26.7. The zero-order chi connectivity index (χ0) is 16.0. The van der Waals surface area contributed by atoms with E-state index in [0.29, 0.717) is 12.8 Å². The highest BCUT2D eigenvalue weighted by Crippen LogP contribution is 2.11. The number of rotatable bonds is 7. The minimum absolute atomic E-state index is 0.0474. The number of sulfonamides is 1. The maximum absolute atomic E-state index is 12.1. The van der Waals surface area contributed by atoms with E-state index in [1.54, 1.807) is 12.4 Å². The van der Waals surface area contributed by atoms with Crippen LogP contribution in [-0.4, -0.2) is 31.0 Å². The van der Waals surface area contributed by atoms with Crippen LogP contribution in [0.2, 0.25) is 0 Å². The lowest BCUT2D eigenvalue weighted by Gasteiger charge is -2.07. The van der Waals surface area contributed by atoms with Gasteiger partial charge in [-0.15, -0.1) is 0 Å². The Hall–Kier alpha value is -2.25. The average Bonchev–Trinajstić information content (AvgIpc) is 2.53. The molecule has 0 atom stereocenters. The number of hydrogen-bond acceptors (Lipinski definition) is 4. The quantitative estimate of drug-likeness (QED) is 0.757. The van der Waals surface area contributed by atoms with Crippen molar-refractivity contribution in [3.05, 3.63) is 59.9 Å². The van der Waals surface area contributed by atoms with Crippen LogP contribution in [0.5, 0.6) is 0 Å². The Morgan fingerprint density at radius 1 is 1.23 bits per heavy atom. The SMILES string of the molecule is O=C(O)c1cccc(S(=O)(=O)NCCCc2cccnc2)c1. The van der Waals surface area contributed by atoms with Crippen LogP contribution in [0.25, 0.3) is 0 Å². The van der Waals surface area contributed by atoms with Crippen LogP contribution in [0.4, 0.5) is 0 Å². The zero-order valence-electron chi connectivity index (χ0n) is 11.8. The second-order valence-corrected chi connectivity index (χ2v) is 6.46. The molecule has 2 aromatic rings. The third kappa shape index (κ3) is 4.37. The third-order valence-electron chi connectivity index (χ3n) is 3.05. The molecule has 1 aromatic heterocycles. The second-order valence-electron chi connectivity index (χ2n) is 4.70. The van der Waals surface area contributed by atoms with E-state index < -0.39 is 16.0 Å². The first-order valence-corrected chi connectivity index (χ1v) is 8.19. The Balaban J connectivity index is 1.94. The van der Waals surface area contributed by atoms with Crippen LogP contribution >= 0.6 is 0 Å². The number of nitrogens with one attached hydrogen (secondary N) is 1. The Morgan fingerprint density at radius 2 is 2.05 bits per heavy atom. The van der Waals surface area contributed by atoms with Gasteiger partial charge in [0.15, 0.2) is 0 Å². The van der Waals surface area contributed by atoms with E-state index in [1.807, 2.05) is 12.1 Å². The highest BCUT2D eigenvalue weighted by Gasteiger charge is 2.15. The van der Waals surface area contributed by atoms with E-state index >= 15 is 0 Å². The average molecular weight is 320 g/mol. The summed E-state index contributed by atoms with van der Waals surface area (Å²) in [4.78, 5) is 14.8. The molecule has 0 aliphatic heterocycles. The smallest absolute Gasteiger partial charge is 0.335 e. The molecule has 22 heavy (non-hydrogen) atoms. The van der Waals surface area contributed by atoms with Crippen molar-refractivity contribution in [2.75, 3.05) is 6.54 Å². The molecule has 0 aliphatic carbocycles. The van der Waals surface area contributed by atoms with Gasteiger partial charge in [-0.1, -0.05) is 12.1 Å². The molecule has 1 heterocycles. The Labute approximate surface area is 128 Å². The monoisotopic (exact) mass is 320 g/mol. The van der Waals surface area contributed by atoms with Crippen molar-refractivity contribution in [1.29, 1.82) is 0 Å². The fraction of sp³-hybridized carbons (Fsp3) is 0.200. The van der Waals surface area contributed by atoms with E-state index in [-0.39, 0.29) is 17.0 Å². The highest BCUT2D eigenvalue weighted by atomic mass is 32.2. The van der Waals surface area contributed by atoms with Gasteiger partial charge in [0.1, 0.15) is 0 Å². The lowest BCUT2D eigenvalue weighted by Crippen LogP contribution is -2.25. The number of aryl methyl sites for hydroxylation is 1. The molecule has 0 fully saturated rings. The van der Waals surface area contributed by atoms with Gasteiger partial charge in [0.25, 0.3) is 0 Å². The maximum atomic E-state index is 12.1. The first kappa shape index (κ1) is 16.1. The number of carboxylic acids is 1. The van der Waals surface area contributed by atoms with Crippen molar-refractivity contribution < 1.29 is 18.3 Å². The first-order valence-electron chi connectivity index (χ1n) is 6.71. The number of pyridine rings is 1. The number of aromatic nitrogens is 1. The summed E-state index contributed by atoms with van der Waals surface area (Å²) in [7, 11) is -3.70. The molecule has 0 spiro atoms. The van der Waals surface area contributed by atoms with E-state index in [0.717, 1.165) is 11.6 Å². The topological polar surface area (TPSA) is 96.4 Å². The summed E-state index contributed by atoms with van der Waals surface area (Å²) in [5, 5.41) is 8.89.